The van der Waals surface area contributed by atoms with Crippen molar-refractivity contribution < 1.29 is 14.7 Å². The Balaban J connectivity index is 2.16. The molecule has 0 radical (unpaired) electrons. The second-order valence-corrected chi connectivity index (χ2v) is 4.74. The third-order valence-electron chi connectivity index (χ3n) is 2.68. The Bertz CT molecular complexity index is 760. The van der Waals surface area contributed by atoms with Gasteiger partial charge in [0.2, 0.25) is 0 Å². The lowest BCUT2D eigenvalue weighted by Gasteiger charge is -2.03. The topological polar surface area (TPSA) is 81.8 Å². The lowest BCUT2D eigenvalue weighted by Crippen LogP contribution is -2.10. The number of hydrogen-bond acceptors (Lipinski definition) is 6. The van der Waals surface area contributed by atoms with E-state index in [1.165, 1.54) is 11.3 Å². The zero-order valence-electron chi connectivity index (χ0n) is 9.40. The molecule has 1 aliphatic rings. The van der Waals surface area contributed by atoms with Gasteiger partial charge in [-0.15, -0.1) is 21.5 Å². The Morgan fingerprint density at radius 2 is 2.21 bits per heavy atom. The van der Waals surface area contributed by atoms with E-state index in [9.17, 15) is 14.9 Å². The van der Waals surface area contributed by atoms with Gasteiger partial charge < -0.3 is 0 Å². The molecule has 6 nitrogen and oxygen atoms in total. The fraction of sp³-hybridized carbons (Fsp3) is 0. The van der Waals surface area contributed by atoms with Crippen molar-refractivity contribution in [1.29, 1.82) is 0 Å². The number of aliphatic imine (C=N–C) groups is 1. The maximum absolute atomic E-state index is 11.6. The summed E-state index contributed by atoms with van der Waals surface area (Å²) in [5.74, 6) is -0.975. The average Bonchev–Trinajstić information content (AvgIpc) is 2.64. The molecule has 0 atom stereocenters. The number of carbonyl (C=O) groups is 1. The highest BCUT2D eigenvalue weighted by Crippen LogP contribution is 2.32. The van der Waals surface area contributed by atoms with E-state index in [4.69, 9.17) is 0 Å². The summed E-state index contributed by atoms with van der Waals surface area (Å²) in [5.41, 5.74) is 1.91. The van der Waals surface area contributed by atoms with Crippen molar-refractivity contribution in [2.45, 2.75) is 0 Å². The zero-order chi connectivity index (χ0) is 13.4. The van der Waals surface area contributed by atoms with Crippen molar-refractivity contribution >= 4 is 39.7 Å². The monoisotopic (exact) mass is 274 g/mol. The van der Waals surface area contributed by atoms with Gasteiger partial charge in [-0.3, -0.25) is 9.79 Å². The lowest BCUT2D eigenvalue weighted by atomic mass is 10.0. The van der Waals surface area contributed by atoms with E-state index in [-0.39, 0.29) is 5.56 Å². The van der Waals surface area contributed by atoms with E-state index in [0.717, 1.165) is 21.2 Å². The Kier molecular flexibility index (Phi) is 2.60. The molecule has 0 fully saturated rings. The second kappa shape index (κ2) is 4.29. The third-order valence-corrected chi connectivity index (χ3v) is 3.63. The molecule has 0 spiro atoms. The summed E-state index contributed by atoms with van der Waals surface area (Å²) in [6, 6.07) is 3.15. The Morgan fingerprint density at radius 1 is 1.37 bits per heavy atom. The molecule has 2 aromatic rings. The van der Waals surface area contributed by atoms with Crippen molar-refractivity contribution in [2.75, 3.05) is 0 Å². The van der Waals surface area contributed by atoms with E-state index in [0.29, 0.717) is 0 Å². The van der Waals surface area contributed by atoms with Gasteiger partial charge in [0.1, 0.15) is 0 Å². The molecule has 0 N–H and O–H groups in total. The first kappa shape index (κ1) is 11.5. The lowest BCUT2D eigenvalue weighted by molar-refractivity contribution is -0.727. The van der Waals surface area contributed by atoms with Gasteiger partial charge in [0.25, 0.3) is 0 Å². The first-order valence-corrected chi connectivity index (χ1v) is 6.15. The van der Waals surface area contributed by atoms with Gasteiger partial charge in [-0.25, -0.2) is 4.84 Å². The smallest absolute Gasteiger partial charge is 0.264 e. The van der Waals surface area contributed by atoms with Gasteiger partial charge in [0, 0.05) is 39.0 Å². The molecule has 0 amide bonds. The van der Waals surface area contributed by atoms with Crippen molar-refractivity contribution in [1.82, 2.24) is 0 Å². The molecule has 0 aliphatic carbocycles. The van der Waals surface area contributed by atoms with E-state index in [2.05, 4.69) is 9.83 Å². The van der Waals surface area contributed by atoms with Crippen LogP contribution in [0.15, 0.2) is 28.7 Å². The molecule has 2 heterocycles. The molecule has 94 valence electrons. The van der Waals surface area contributed by atoms with E-state index >= 15 is 0 Å². The maximum atomic E-state index is 11.6. The predicted octanol–water partition coefficient (Wildman–Crippen LogP) is 2.65. The fourth-order valence-corrected chi connectivity index (χ4v) is 2.92. The average molecular weight is 274 g/mol. The molecule has 3 rings (SSSR count). The summed E-state index contributed by atoms with van der Waals surface area (Å²) in [6.07, 6.45) is 5.11. The molecule has 0 unspecified atom stereocenters. The quantitative estimate of drug-likeness (QED) is 0.622. The summed E-state index contributed by atoms with van der Waals surface area (Å²) < 4.78 is 0.862. The maximum Gasteiger partial charge on any atom is 0.334 e. The fourth-order valence-electron chi connectivity index (χ4n) is 1.94. The minimum absolute atomic E-state index is 0.152. The van der Waals surface area contributed by atoms with E-state index in [1.807, 2.05) is 5.38 Å². The number of thiophene rings is 1. The molecule has 0 saturated heterocycles. The van der Waals surface area contributed by atoms with Gasteiger partial charge in [0.15, 0.2) is 0 Å². The van der Waals surface area contributed by atoms with Crippen LogP contribution in [0, 0.1) is 10.1 Å². The van der Waals surface area contributed by atoms with Crippen LogP contribution in [-0.4, -0.2) is 17.3 Å². The van der Waals surface area contributed by atoms with Crippen LogP contribution >= 0.6 is 11.3 Å². The predicted molar refractivity (Wildman–Crippen MR) is 70.9 cm³/mol. The van der Waals surface area contributed by atoms with Crippen LogP contribution < -0.4 is 0 Å². The third kappa shape index (κ3) is 2.00. The van der Waals surface area contributed by atoms with Crippen LogP contribution in [0.25, 0.3) is 16.2 Å². The summed E-state index contributed by atoms with van der Waals surface area (Å²) in [6.45, 7) is 0. The minimum Gasteiger partial charge on any atom is -0.264 e. The first-order valence-electron chi connectivity index (χ1n) is 5.27. The van der Waals surface area contributed by atoms with Crippen molar-refractivity contribution in [3.8, 4) is 0 Å². The van der Waals surface area contributed by atoms with Gasteiger partial charge in [-0.05, 0) is 23.8 Å². The molecule has 1 aliphatic heterocycles. The first-order chi connectivity index (χ1) is 9.15. The van der Waals surface area contributed by atoms with Gasteiger partial charge in [-0.1, -0.05) is 0 Å². The molecular formula is C12H6N2O4S. The molecule has 0 saturated carbocycles. The van der Waals surface area contributed by atoms with E-state index in [1.54, 1.807) is 30.6 Å². The molecule has 7 heteroatoms. The van der Waals surface area contributed by atoms with Crippen LogP contribution in [0.1, 0.15) is 21.5 Å². The van der Waals surface area contributed by atoms with Crippen LogP contribution in [0.2, 0.25) is 0 Å². The SMILES string of the molecule is O=C(O[N+](=O)[O-])c1cc2c3c(csc3c1)C=NC=C2. The summed E-state index contributed by atoms with van der Waals surface area (Å²) in [4.78, 5) is 29.8. The highest BCUT2D eigenvalue weighted by Gasteiger charge is 2.16. The normalized spacial score (nSPS) is 12.4. The largest absolute Gasteiger partial charge is 0.334 e. The Labute approximate surface area is 110 Å². The van der Waals surface area contributed by atoms with Gasteiger partial charge in [0.05, 0.1) is 0 Å². The van der Waals surface area contributed by atoms with Crippen molar-refractivity contribution in [3.05, 3.63) is 50.5 Å². The molecule has 0 bridgehead atoms. The zero-order valence-corrected chi connectivity index (χ0v) is 10.2. The highest BCUT2D eigenvalue weighted by molar-refractivity contribution is 7.17. The number of benzene rings is 1. The van der Waals surface area contributed by atoms with Gasteiger partial charge in [-0.2, -0.15) is 0 Å². The molecule has 19 heavy (non-hydrogen) atoms. The minimum atomic E-state index is -1.11. The molecular weight excluding hydrogens is 268 g/mol. The Morgan fingerprint density at radius 3 is 3.00 bits per heavy atom. The van der Waals surface area contributed by atoms with Crippen molar-refractivity contribution in [3.63, 3.8) is 0 Å². The van der Waals surface area contributed by atoms with Crippen LogP contribution in [0.4, 0.5) is 0 Å². The number of nitrogens with zero attached hydrogens (tertiary/aromatic N) is 2. The van der Waals surface area contributed by atoms with Crippen LogP contribution in [0.3, 0.4) is 0 Å². The summed E-state index contributed by atoms with van der Waals surface area (Å²) >= 11 is 1.45. The molecule has 1 aromatic heterocycles. The Hall–Kier alpha value is -2.54. The highest BCUT2D eigenvalue weighted by atomic mass is 32.1. The van der Waals surface area contributed by atoms with E-state index < -0.39 is 11.1 Å². The second-order valence-electron chi connectivity index (χ2n) is 3.83. The molecule has 1 aromatic carbocycles. The standard InChI is InChI=1S/C12H6N2O4S/c15-12(18-14(16)17)8-3-7-1-2-13-5-9-6-19-10(4-8)11(7)9/h1-6H. The summed E-state index contributed by atoms with van der Waals surface area (Å²) in [7, 11) is 0. The van der Waals surface area contributed by atoms with Crippen LogP contribution in [0.5, 0.6) is 0 Å². The summed E-state index contributed by atoms with van der Waals surface area (Å²) in [5, 5.41) is 12.0. The number of carbonyl (C=O) groups excluding carboxylic acids is 1. The number of rotatable bonds is 2. The number of hydrogen-bond donors (Lipinski definition) is 0. The van der Waals surface area contributed by atoms with Crippen molar-refractivity contribution in [2.24, 2.45) is 4.99 Å². The van der Waals surface area contributed by atoms with Gasteiger partial charge >= 0.3 is 11.1 Å². The van der Waals surface area contributed by atoms with Crippen LogP contribution in [-0.2, 0) is 4.84 Å².